The van der Waals surface area contributed by atoms with Crippen LogP contribution in [0.25, 0.3) is 0 Å². The largest absolute Gasteiger partial charge is 0.477 e. The van der Waals surface area contributed by atoms with E-state index in [1.165, 1.54) is 21.8 Å². The quantitative estimate of drug-likeness (QED) is 0.271. The van der Waals surface area contributed by atoms with Crippen molar-refractivity contribution in [2.45, 2.75) is 65.3 Å². The number of aliphatic imine (C=N–C) groups is 1. The monoisotopic (exact) mass is 575 g/mol. The normalized spacial score (nSPS) is 17.9. The first-order valence-corrected chi connectivity index (χ1v) is 15.0. The fraction of sp³-hybridized carbons (Fsp3) is 0.516. The van der Waals surface area contributed by atoms with Gasteiger partial charge in [-0.05, 0) is 68.8 Å². The van der Waals surface area contributed by atoms with E-state index in [4.69, 9.17) is 5.73 Å². The molecule has 0 bridgehead atoms. The molecule has 2 fully saturated rings. The first-order valence-electron chi connectivity index (χ1n) is 15.0. The number of piperazine rings is 1. The molecular weight excluding hydrogens is 534 g/mol. The Morgan fingerprint density at radius 3 is 2.48 bits per heavy atom. The lowest BCUT2D eigenvalue weighted by molar-refractivity contribution is -0.134. The van der Waals surface area contributed by atoms with Crippen LogP contribution in [0.1, 0.15) is 56.6 Å². The van der Waals surface area contributed by atoms with E-state index in [0.717, 1.165) is 76.9 Å². The molecule has 42 heavy (non-hydrogen) atoms. The molecule has 1 aromatic heterocycles. The number of anilines is 3. The molecule has 5 rings (SSSR count). The lowest BCUT2D eigenvalue weighted by Gasteiger charge is -2.37. The van der Waals surface area contributed by atoms with Crippen molar-refractivity contribution in [3.63, 3.8) is 0 Å². The maximum Gasteiger partial charge on any atom is 0.341 e. The van der Waals surface area contributed by atoms with Gasteiger partial charge in [0.2, 0.25) is 5.95 Å². The second-order valence-corrected chi connectivity index (χ2v) is 11.5. The summed E-state index contributed by atoms with van der Waals surface area (Å²) in [5.41, 5.74) is 9.73. The van der Waals surface area contributed by atoms with Gasteiger partial charge in [0.25, 0.3) is 5.56 Å². The number of allylic oxidation sites excluding steroid dienone is 1. The zero-order chi connectivity index (χ0) is 29.8. The van der Waals surface area contributed by atoms with Crippen molar-refractivity contribution >= 4 is 35.0 Å². The number of rotatable bonds is 11. The molecule has 0 unspecified atom stereocenters. The molecule has 2 aromatic rings. The van der Waals surface area contributed by atoms with Crippen LogP contribution in [-0.4, -0.2) is 74.8 Å². The first-order chi connectivity index (χ1) is 20.2. The highest BCUT2D eigenvalue weighted by molar-refractivity contribution is 6.24. The molecule has 0 amide bonds. The van der Waals surface area contributed by atoms with Crippen molar-refractivity contribution in [1.82, 2.24) is 19.4 Å². The van der Waals surface area contributed by atoms with Gasteiger partial charge in [-0.3, -0.25) is 19.1 Å². The Morgan fingerprint density at radius 1 is 1.07 bits per heavy atom. The fourth-order valence-corrected chi connectivity index (χ4v) is 5.78. The molecule has 1 aliphatic carbocycles. The second-order valence-electron chi connectivity index (χ2n) is 11.5. The van der Waals surface area contributed by atoms with E-state index in [2.05, 4.69) is 51.1 Å². The Morgan fingerprint density at radius 2 is 1.81 bits per heavy atom. The van der Waals surface area contributed by atoms with Crippen LogP contribution < -0.4 is 16.6 Å². The van der Waals surface area contributed by atoms with Crippen molar-refractivity contribution < 1.29 is 14.7 Å². The number of aryl methyl sites for hydroxylation is 2. The number of carboxylic acids is 1. The number of carboxylic acid groups (broad SMARTS) is 1. The number of nitrogen functional groups attached to an aromatic ring is 1. The van der Waals surface area contributed by atoms with Crippen LogP contribution in [-0.2, 0) is 22.6 Å². The molecule has 0 radical (unpaired) electrons. The van der Waals surface area contributed by atoms with E-state index >= 15 is 0 Å². The third kappa shape index (κ3) is 6.89. The molecule has 1 saturated heterocycles. The van der Waals surface area contributed by atoms with Crippen molar-refractivity contribution in [3.05, 3.63) is 57.0 Å². The zero-order valence-electron chi connectivity index (χ0n) is 24.6. The number of Topliss-reactive ketones (excluding diaryl/α,β-unsaturated/α-hetero) is 1. The lowest BCUT2D eigenvalue weighted by Crippen LogP contribution is -2.50. The Hall–Kier alpha value is -3.99. The number of aromatic nitrogens is 2. The maximum atomic E-state index is 12.8. The van der Waals surface area contributed by atoms with E-state index in [1.807, 2.05) is 6.07 Å². The molecule has 2 aliphatic heterocycles. The fourth-order valence-electron chi connectivity index (χ4n) is 5.78. The van der Waals surface area contributed by atoms with Crippen LogP contribution in [0.2, 0.25) is 0 Å². The predicted molar refractivity (Wildman–Crippen MR) is 163 cm³/mol. The third-order valence-electron chi connectivity index (χ3n) is 8.41. The number of nitrogens with one attached hydrogen (secondary N) is 1. The number of aliphatic carboxylic acids is 1. The highest BCUT2D eigenvalue weighted by atomic mass is 16.4. The minimum Gasteiger partial charge on any atom is -0.477 e. The minimum absolute atomic E-state index is 0.0675. The Labute approximate surface area is 246 Å². The van der Waals surface area contributed by atoms with Gasteiger partial charge in [0, 0.05) is 50.4 Å². The molecule has 224 valence electrons. The van der Waals surface area contributed by atoms with Crippen LogP contribution >= 0.6 is 0 Å². The van der Waals surface area contributed by atoms with Gasteiger partial charge in [-0.2, -0.15) is 4.98 Å². The molecule has 3 aliphatic rings. The van der Waals surface area contributed by atoms with Crippen molar-refractivity contribution in [2.24, 2.45) is 10.9 Å². The summed E-state index contributed by atoms with van der Waals surface area (Å²) < 4.78 is 1.53. The van der Waals surface area contributed by atoms with Gasteiger partial charge in [-0.1, -0.05) is 19.4 Å². The van der Waals surface area contributed by atoms with Gasteiger partial charge >= 0.3 is 5.97 Å². The zero-order valence-corrected chi connectivity index (χ0v) is 24.6. The molecule has 11 nitrogen and oxygen atoms in total. The Balaban J connectivity index is 1.06. The number of ketones is 1. The van der Waals surface area contributed by atoms with Gasteiger partial charge in [0.05, 0.1) is 12.1 Å². The van der Waals surface area contributed by atoms with E-state index < -0.39 is 5.97 Å². The average Bonchev–Trinajstić information content (AvgIpc) is 3.80. The Kier molecular flexibility index (Phi) is 9.06. The molecule has 1 aromatic carbocycles. The van der Waals surface area contributed by atoms with Gasteiger partial charge in [0.15, 0.2) is 5.78 Å². The smallest absolute Gasteiger partial charge is 0.341 e. The first kappa shape index (κ1) is 29.5. The van der Waals surface area contributed by atoms with Crippen LogP contribution in [0.4, 0.5) is 17.5 Å². The maximum absolute atomic E-state index is 12.8. The number of unbranched alkanes of at least 4 members (excludes halogenated alkanes) is 2. The number of hydrogen-bond donors (Lipinski definition) is 3. The van der Waals surface area contributed by atoms with Crippen molar-refractivity contribution in [1.29, 1.82) is 0 Å². The lowest BCUT2D eigenvalue weighted by atomic mass is 9.99. The SMILES string of the molecule is CCc1cc(Nc2cc(=O)n(CCCCCN3CCN(C4=NC(C5CC5)=C(C(=O)O)C(=O)C4)CC3)c(N)n2)ccc1C. The number of benzene rings is 1. The topological polar surface area (TPSA) is 146 Å². The van der Waals surface area contributed by atoms with E-state index in [0.29, 0.717) is 23.9 Å². The molecule has 0 atom stereocenters. The number of carbonyl (C=O) groups is 2. The standard InChI is InChI=1S/C31H41N7O4/c1-3-21-17-23(10-7-20(21)2)33-25-19-27(40)38(31(32)34-25)12-6-4-5-11-36-13-15-37(16-14-36)26-18-24(39)28(30(41)42)29(35-26)22-8-9-22/h7,10,17,19,22,33H,3-6,8-9,11-16,18H2,1-2H3,(H2,32,34)(H,41,42). The molecule has 0 spiro atoms. The number of carbonyl (C=O) groups excluding carboxylic acids is 1. The van der Waals surface area contributed by atoms with Crippen LogP contribution in [0.3, 0.4) is 0 Å². The summed E-state index contributed by atoms with van der Waals surface area (Å²) in [6.45, 7) is 8.96. The van der Waals surface area contributed by atoms with E-state index in [1.54, 1.807) is 0 Å². The summed E-state index contributed by atoms with van der Waals surface area (Å²) in [4.78, 5) is 50.6. The number of nitrogens with two attached hydrogens (primary N) is 1. The predicted octanol–water partition coefficient (Wildman–Crippen LogP) is 3.35. The van der Waals surface area contributed by atoms with Gasteiger partial charge in [-0.15, -0.1) is 0 Å². The Bertz CT molecular complexity index is 1470. The van der Waals surface area contributed by atoms with Crippen LogP contribution in [0.5, 0.6) is 0 Å². The summed E-state index contributed by atoms with van der Waals surface area (Å²) in [5, 5.41) is 12.7. The number of nitrogens with zero attached hydrogens (tertiary/aromatic N) is 5. The van der Waals surface area contributed by atoms with Crippen molar-refractivity contribution in [3.8, 4) is 0 Å². The van der Waals surface area contributed by atoms with Crippen LogP contribution in [0.15, 0.2) is 45.3 Å². The molecular formula is C31H41N7O4. The van der Waals surface area contributed by atoms with Crippen LogP contribution in [0, 0.1) is 12.8 Å². The van der Waals surface area contributed by atoms with Gasteiger partial charge in [-0.25, -0.2) is 9.79 Å². The summed E-state index contributed by atoms with van der Waals surface area (Å²) in [6, 6.07) is 7.60. The van der Waals surface area contributed by atoms with Crippen molar-refractivity contribution in [2.75, 3.05) is 43.8 Å². The van der Waals surface area contributed by atoms with Gasteiger partial charge < -0.3 is 21.1 Å². The minimum atomic E-state index is -1.16. The summed E-state index contributed by atoms with van der Waals surface area (Å²) >= 11 is 0. The summed E-state index contributed by atoms with van der Waals surface area (Å²) in [5.74, 6) is 0.00750. The molecule has 11 heteroatoms. The summed E-state index contributed by atoms with van der Waals surface area (Å²) in [7, 11) is 0. The highest BCUT2D eigenvalue weighted by Crippen LogP contribution is 2.41. The number of amidine groups is 1. The molecule has 3 heterocycles. The summed E-state index contributed by atoms with van der Waals surface area (Å²) in [6.07, 6.45) is 5.60. The highest BCUT2D eigenvalue weighted by Gasteiger charge is 2.38. The second kappa shape index (κ2) is 12.9. The molecule has 4 N–H and O–H groups in total. The van der Waals surface area contributed by atoms with E-state index in [9.17, 15) is 19.5 Å². The third-order valence-corrected chi connectivity index (χ3v) is 8.41. The van der Waals surface area contributed by atoms with E-state index in [-0.39, 0.29) is 35.2 Å². The molecule has 1 saturated carbocycles. The average molecular weight is 576 g/mol. The van der Waals surface area contributed by atoms with Gasteiger partial charge in [0.1, 0.15) is 17.2 Å². The number of hydrogen-bond acceptors (Lipinski definition) is 9.